The third kappa shape index (κ3) is 4.46. The number of nitrogens with one attached hydrogen (secondary N) is 2. The minimum absolute atomic E-state index is 0.127. The van der Waals surface area contributed by atoms with Crippen molar-refractivity contribution in [3.8, 4) is 0 Å². The summed E-state index contributed by atoms with van der Waals surface area (Å²) in [5.41, 5.74) is 3.26. The molecule has 2 aliphatic heterocycles. The van der Waals surface area contributed by atoms with Gasteiger partial charge in [-0.15, -0.1) is 0 Å². The molecule has 1 aromatic heterocycles. The smallest absolute Gasteiger partial charge is 0.346 e. The van der Waals surface area contributed by atoms with Crippen molar-refractivity contribution >= 4 is 23.2 Å². The predicted molar refractivity (Wildman–Crippen MR) is 115 cm³/mol. The Bertz CT molecular complexity index is 900. The Hall–Kier alpha value is -2.78. The molecule has 0 radical (unpaired) electrons. The van der Waals surface area contributed by atoms with Crippen LogP contribution in [0.3, 0.4) is 0 Å². The zero-order chi connectivity index (χ0) is 20.2. The highest BCUT2D eigenvalue weighted by Crippen LogP contribution is 2.35. The van der Waals surface area contributed by atoms with Gasteiger partial charge in [-0.05, 0) is 80.4 Å². The molecule has 152 valence electrons. The molecule has 6 heteroatoms. The highest BCUT2D eigenvalue weighted by Gasteiger charge is 2.23. The Kier molecular flexibility index (Phi) is 5.86. The van der Waals surface area contributed by atoms with Crippen LogP contribution in [0.25, 0.3) is 4.85 Å². The lowest BCUT2D eigenvalue weighted by molar-refractivity contribution is 0.0998. The van der Waals surface area contributed by atoms with Gasteiger partial charge in [-0.3, -0.25) is 4.79 Å². The zero-order valence-corrected chi connectivity index (χ0v) is 16.9. The molecule has 29 heavy (non-hydrogen) atoms. The molecule has 0 spiro atoms. The van der Waals surface area contributed by atoms with Gasteiger partial charge in [-0.2, -0.15) is 4.85 Å². The van der Waals surface area contributed by atoms with E-state index in [4.69, 9.17) is 11.0 Å². The van der Waals surface area contributed by atoms with Crippen molar-refractivity contribution in [3.63, 3.8) is 0 Å². The van der Waals surface area contributed by atoms with Crippen LogP contribution in [-0.2, 0) is 0 Å². The van der Waals surface area contributed by atoms with Crippen LogP contribution in [-0.4, -0.2) is 32.1 Å². The maximum atomic E-state index is 12.7. The first-order valence-electron chi connectivity index (χ1n) is 10.5. The van der Waals surface area contributed by atoms with Gasteiger partial charge in [0, 0.05) is 13.1 Å². The summed E-state index contributed by atoms with van der Waals surface area (Å²) in [6.07, 6.45) is 4.62. The number of nitrogens with zero attached hydrogens (tertiary/aromatic N) is 2. The maximum Gasteiger partial charge on any atom is 0.346 e. The molecule has 1 aromatic carbocycles. The van der Waals surface area contributed by atoms with Crippen molar-refractivity contribution in [2.45, 2.75) is 38.5 Å². The monoisotopic (exact) mass is 392 g/mol. The fourth-order valence-electron chi connectivity index (χ4n) is 4.27. The minimum atomic E-state index is -0.318. The lowest BCUT2D eigenvalue weighted by atomic mass is 9.89. The van der Waals surface area contributed by atoms with E-state index in [9.17, 15) is 4.79 Å². The largest absolute Gasteiger partial charge is 0.475 e. The third-order valence-electron chi connectivity index (χ3n) is 6.13. The van der Waals surface area contributed by atoms with Crippen molar-refractivity contribution in [1.82, 2.24) is 5.32 Å². The molecule has 2 saturated heterocycles. The number of anilines is 2. The number of amides is 1. The quantitative estimate of drug-likeness (QED) is 0.735. The molecule has 2 N–H and O–H groups in total. The summed E-state index contributed by atoms with van der Waals surface area (Å²) in [7, 11) is 0. The first kappa shape index (κ1) is 19.5. The van der Waals surface area contributed by atoms with E-state index in [0.717, 1.165) is 69.2 Å². The van der Waals surface area contributed by atoms with Crippen LogP contribution in [0.15, 0.2) is 34.7 Å². The van der Waals surface area contributed by atoms with Gasteiger partial charge in [0.05, 0.1) is 17.9 Å². The van der Waals surface area contributed by atoms with Crippen molar-refractivity contribution < 1.29 is 9.21 Å². The summed E-state index contributed by atoms with van der Waals surface area (Å²) < 4.78 is 5.30. The number of carbonyl (C=O) groups is 1. The standard InChI is InChI=1S/C23H28N4O2/c1-16-9-13-27(14-10-16)20-15-18(17-7-11-25-12-8-17)3-4-19(20)26-23(28)21-5-6-22(24-2)29-21/h3-6,15-17,25H,7-14H2,1H3,(H,26,28). The average Bonchev–Trinajstić information content (AvgIpc) is 3.25. The average molecular weight is 393 g/mol. The SMILES string of the molecule is [C-]#[N+]c1ccc(C(=O)Nc2ccc(C3CCNCC3)cc2N2CCC(C)CC2)o1. The number of hydrogen-bond acceptors (Lipinski definition) is 4. The Morgan fingerprint density at radius 2 is 1.93 bits per heavy atom. The van der Waals surface area contributed by atoms with Gasteiger partial charge < -0.3 is 20.0 Å². The van der Waals surface area contributed by atoms with E-state index < -0.39 is 0 Å². The van der Waals surface area contributed by atoms with E-state index in [1.165, 1.54) is 11.6 Å². The molecule has 1 amide bonds. The van der Waals surface area contributed by atoms with E-state index in [-0.39, 0.29) is 17.6 Å². The van der Waals surface area contributed by atoms with Gasteiger partial charge >= 0.3 is 5.88 Å². The number of carbonyl (C=O) groups excluding carboxylic acids is 1. The predicted octanol–water partition coefficient (Wildman–Crippen LogP) is 4.79. The number of piperidine rings is 2. The molecule has 2 aromatic rings. The molecule has 0 unspecified atom stereocenters. The van der Waals surface area contributed by atoms with Gasteiger partial charge in [0.25, 0.3) is 5.91 Å². The van der Waals surface area contributed by atoms with Crippen LogP contribution in [0.4, 0.5) is 17.3 Å². The van der Waals surface area contributed by atoms with Crippen molar-refractivity contribution in [1.29, 1.82) is 0 Å². The number of benzene rings is 1. The van der Waals surface area contributed by atoms with E-state index in [0.29, 0.717) is 5.92 Å². The van der Waals surface area contributed by atoms with E-state index in [1.54, 1.807) is 6.07 Å². The summed E-state index contributed by atoms with van der Waals surface area (Å²) >= 11 is 0. The normalized spacial score (nSPS) is 18.4. The topological polar surface area (TPSA) is 61.9 Å². The van der Waals surface area contributed by atoms with Crippen molar-refractivity contribution in [2.75, 3.05) is 36.4 Å². The maximum absolute atomic E-state index is 12.7. The Morgan fingerprint density at radius 1 is 1.17 bits per heavy atom. The van der Waals surface area contributed by atoms with Crippen LogP contribution in [0.1, 0.15) is 54.6 Å². The highest BCUT2D eigenvalue weighted by molar-refractivity contribution is 6.04. The Labute approximate surface area is 172 Å². The van der Waals surface area contributed by atoms with Gasteiger partial charge in [-0.25, -0.2) is 0 Å². The second kappa shape index (κ2) is 8.71. The summed E-state index contributed by atoms with van der Waals surface area (Å²) in [5.74, 6) is 1.28. The molecular formula is C23H28N4O2. The molecule has 0 bridgehead atoms. The highest BCUT2D eigenvalue weighted by atomic mass is 16.4. The fourth-order valence-corrected chi connectivity index (χ4v) is 4.27. The molecule has 4 rings (SSSR count). The summed E-state index contributed by atoms with van der Waals surface area (Å²) in [6, 6.07) is 9.52. The molecule has 2 aliphatic rings. The van der Waals surface area contributed by atoms with Gasteiger partial charge in [0.15, 0.2) is 5.76 Å². The zero-order valence-electron chi connectivity index (χ0n) is 16.9. The van der Waals surface area contributed by atoms with Gasteiger partial charge in [-0.1, -0.05) is 13.0 Å². The van der Waals surface area contributed by atoms with Crippen molar-refractivity contribution in [2.24, 2.45) is 5.92 Å². The third-order valence-corrected chi connectivity index (χ3v) is 6.13. The van der Waals surface area contributed by atoms with Crippen LogP contribution in [0.5, 0.6) is 0 Å². The Morgan fingerprint density at radius 3 is 2.62 bits per heavy atom. The second-order valence-corrected chi connectivity index (χ2v) is 8.17. The summed E-state index contributed by atoms with van der Waals surface area (Å²) in [6.45, 7) is 13.4. The molecule has 0 aliphatic carbocycles. The molecular weight excluding hydrogens is 364 g/mol. The first-order chi connectivity index (χ1) is 14.1. The van der Waals surface area contributed by atoms with Gasteiger partial charge in [0.1, 0.15) is 0 Å². The molecule has 3 heterocycles. The van der Waals surface area contributed by atoms with Crippen LogP contribution < -0.4 is 15.5 Å². The Balaban J connectivity index is 1.60. The molecule has 0 atom stereocenters. The second-order valence-electron chi connectivity index (χ2n) is 8.17. The molecule has 2 fully saturated rings. The van der Waals surface area contributed by atoms with E-state index >= 15 is 0 Å². The van der Waals surface area contributed by atoms with Crippen LogP contribution in [0, 0.1) is 12.5 Å². The number of rotatable bonds is 4. The fraction of sp³-hybridized carbons (Fsp3) is 0.478. The number of hydrogen-bond donors (Lipinski definition) is 2. The minimum Gasteiger partial charge on any atom is -0.475 e. The summed E-state index contributed by atoms with van der Waals surface area (Å²) in [5, 5.41) is 6.44. The van der Waals surface area contributed by atoms with Crippen LogP contribution >= 0.6 is 0 Å². The van der Waals surface area contributed by atoms with Crippen LogP contribution in [0.2, 0.25) is 0 Å². The first-order valence-corrected chi connectivity index (χ1v) is 10.5. The summed E-state index contributed by atoms with van der Waals surface area (Å²) in [4.78, 5) is 18.3. The van der Waals surface area contributed by atoms with Gasteiger partial charge in [0.2, 0.25) is 0 Å². The lowest BCUT2D eigenvalue weighted by Crippen LogP contribution is -2.33. The lowest BCUT2D eigenvalue weighted by Gasteiger charge is -2.34. The van der Waals surface area contributed by atoms with Crippen molar-refractivity contribution in [3.05, 3.63) is 53.1 Å². The number of furan rings is 1. The van der Waals surface area contributed by atoms with E-state index in [2.05, 4.69) is 39.4 Å². The molecule has 0 saturated carbocycles. The van der Waals surface area contributed by atoms with E-state index in [1.807, 2.05) is 6.07 Å². The molecule has 6 nitrogen and oxygen atoms in total.